The molecule has 2 aromatic carbocycles. The van der Waals surface area contributed by atoms with Crippen LogP contribution in [0.25, 0.3) is 12.2 Å². The number of nitrogens with zero attached hydrogens (tertiary/aromatic N) is 6. The van der Waals surface area contributed by atoms with E-state index in [-0.39, 0.29) is 11.8 Å². The molecular formula is C31H42N8O2. The summed E-state index contributed by atoms with van der Waals surface area (Å²) in [6.45, 7) is 9.38. The van der Waals surface area contributed by atoms with Crippen LogP contribution in [-0.2, 0) is 17.8 Å². The quantitative estimate of drug-likeness (QED) is 0.369. The number of piperazine rings is 1. The molecule has 0 unspecified atom stereocenters. The number of piperidine rings is 1. The maximum absolute atomic E-state index is 13.4. The largest absolute Gasteiger partial charge is 0.494 e. The highest BCUT2D eigenvalue weighted by Crippen LogP contribution is 2.27. The van der Waals surface area contributed by atoms with Gasteiger partial charge in [-0.05, 0) is 78.9 Å². The van der Waals surface area contributed by atoms with E-state index in [1.54, 1.807) is 0 Å². The van der Waals surface area contributed by atoms with Crippen molar-refractivity contribution in [3.8, 4) is 5.75 Å². The molecule has 0 aliphatic carbocycles. The number of aromatic nitrogens is 4. The van der Waals surface area contributed by atoms with Crippen molar-refractivity contribution in [3.63, 3.8) is 0 Å². The minimum atomic E-state index is -0.418. The minimum Gasteiger partial charge on any atom is -0.494 e. The van der Waals surface area contributed by atoms with E-state index in [9.17, 15) is 4.79 Å². The third kappa shape index (κ3) is 7.78. The predicted molar refractivity (Wildman–Crippen MR) is 160 cm³/mol. The summed E-state index contributed by atoms with van der Waals surface area (Å²) in [5, 5.41) is 14.0. The molecule has 218 valence electrons. The van der Waals surface area contributed by atoms with Crippen LogP contribution in [0.3, 0.4) is 0 Å². The second-order valence-electron chi connectivity index (χ2n) is 10.9. The second-order valence-corrected chi connectivity index (χ2v) is 10.9. The lowest BCUT2D eigenvalue weighted by Gasteiger charge is -2.39. The lowest BCUT2D eigenvalue weighted by molar-refractivity contribution is -0.136. The normalized spacial score (nSPS) is 18.1. The summed E-state index contributed by atoms with van der Waals surface area (Å²) in [7, 11) is 0. The molecule has 0 saturated carbocycles. The van der Waals surface area contributed by atoms with E-state index in [0.717, 1.165) is 75.4 Å². The number of benzene rings is 2. The third-order valence-corrected chi connectivity index (χ3v) is 8.30. The van der Waals surface area contributed by atoms with Crippen LogP contribution in [0.1, 0.15) is 42.3 Å². The molecule has 2 fully saturated rings. The molecule has 1 amide bonds. The van der Waals surface area contributed by atoms with Crippen molar-refractivity contribution in [2.75, 3.05) is 52.4 Å². The summed E-state index contributed by atoms with van der Waals surface area (Å²) in [5.41, 5.74) is 10.1. The zero-order valence-electron chi connectivity index (χ0n) is 24.0. The zero-order valence-corrected chi connectivity index (χ0v) is 24.0. The predicted octanol–water partition coefficient (Wildman–Crippen LogP) is 2.70. The summed E-state index contributed by atoms with van der Waals surface area (Å²) in [6.07, 6.45) is 6.89. The molecule has 3 heterocycles. The number of H-pyrrole nitrogens is 1. The maximum atomic E-state index is 13.4. The smallest absolute Gasteiger partial charge is 0.239 e. The molecule has 5 rings (SSSR count). The fourth-order valence-corrected chi connectivity index (χ4v) is 5.83. The number of amides is 1. The summed E-state index contributed by atoms with van der Waals surface area (Å²) >= 11 is 0. The van der Waals surface area contributed by atoms with Crippen LogP contribution in [0.4, 0.5) is 0 Å². The van der Waals surface area contributed by atoms with Gasteiger partial charge in [0.25, 0.3) is 0 Å². The van der Waals surface area contributed by atoms with Gasteiger partial charge in [0.15, 0.2) is 5.82 Å². The van der Waals surface area contributed by atoms with Crippen molar-refractivity contribution in [1.29, 1.82) is 0 Å². The fraction of sp³-hybridized carbons (Fsp3) is 0.484. The second kappa shape index (κ2) is 14.3. The van der Waals surface area contributed by atoms with Crippen molar-refractivity contribution in [2.24, 2.45) is 11.7 Å². The SMILES string of the molecule is CCOc1cccc(/C=C/c2nnn[nH]2)c1CN1CCN(C(=O)[C@H](N)C2CCN(CCc3ccccc3)CC2)CC1. The van der Waals surface area contributed by atoms with E-state index in [1.807, 2.05) is 36.1 Å². The van der Waals surface area contributed by atoms with E-state index < -0.39 is 6.04 Å². The number of nitrogens with one attached hydrogen (secondary N) is 1. The molecule has 0 spiro atoms. The Balaban J connectivity index is 1.11. The summed E-state index contributed by atoms with van der Waals surface area (Å²) in [6, 6.07) is 16.3. The van der Waals surface area contributed by atoms with Crippen LogP contribution < -0.4 is 10.5 Å². The number of likely N-dealkylation sites (tertiary alicyclic amines) is 1. The van der Waals surface area contributed by atoms with Gasteiger partial charge >= 0.3 is 0 Å². The minimum absolute atomic E-state index is 0.103. The highest BCUT2D eigenvalue weighted by atomic mass is 16.5. The average molecular weight is 559 g/mol. The number of tetrazole rings is 1. The van der Waals surface area contributed by atoms with E-state index in [4.69, 9.17) is 10.5 Å². The summed E-state index contributed by atoms with van der Waals surface area (Å²) in [4.78, 5) is 20.2. The van der Waals surface area contributed by atoms with Gasteiger partial charge in [-0.1, -0.05) is 48.5 Å². The monoisotopic (exact) mass is 558 g/mol. The molecule has 2 saturated heterocycles. The molecule has 0 radical (unpaired) electrons. The molecule has 3 aromatic rings. The van der Waals surface area contributed by atoms with Crippen LogP contribution >= 0.6 is 0 Å². The van der Waals surface area contributed by atoms with Crippen LogP contribution in [0.2, 0.25) is 0 Å². The number of hydrogen-bond acceptors (Lipinski definition) is 8. The summed E-state index contributed by atoms with van der Waals surface area (Å²) < 4.78 is 5.97. The molecular weight excluding hydrogens is 516 g/mol. The van der Waals surface area contributed by atoms with E-state index in [1.165, 1.54) is 5.56 Å². The van der Waals surface area contributed by atoms with E-state index in [2.05, 4.69) is 66.8 Å². The first-order chi connectivity index (χ1) is 20.1. The third-order valence-electron chi connectivity index (χ3n) is 8.30. The lowest BCUT2D eigenvalue weighted by Crippen LogP contribution is -2.55. The number of hydrogen-bond donors (Lipinski definition) is 2. The molecule has 10 heteroatoms. The van der Waals surface area contributed by atoms with Crippen LogP contribution in [-0.4, -0.2) is 99.7 Å². The van der Waals surface area contributed by atoms with Gasteiger partial charge in [-0.25, -0.2) is 5.10 Å². The van der Waals surface area contributed by atoms with Crippen molar-refractivity contribution in [3.05, 3.63) is 71.0 Å². The van der Waals surface area contributed by atoms with Crippen molar-refractivity contribution in [1.82, 2.24) is 35.3 Å². The Bertz CT molecular complexity index is 1250. The van der Waals surface area contributed by atoms with Gasteiger partial charge in [0.05, 0.1) is 12.6 Å². The number of ether oxygens (including phenoxy) is 1. The van der Waals surface area contributed by atoms with Crippen LogP contribution in [0.15, 0.2) is 48.5 Å². The van der Waals surface area contributed by atoms with Crippen molar-refractivity contribution < 1.29 is 9.53 Å². The standard InChI is InChI=1S/C31H42N8O2/c1-2-41-28-10-6-9-25(11-12-29-33-35-36-34-29)27(28)23-38-19-21-39(22-20-38)31(40)30(32)26-14-17-37(18-15-26)16-13-24-7-4-3-5-8-24/h3-12,26,30H,2,13-23,32H2,1H3,(H,33,34,35,36)/b12-11+/t30-/m1/s1. The van der Waals surface area contributed by atoms with Gasteiger partial charge in [-0.15, -0.1) is 5.10 Å². The van der Waals surface area contributed by atoms with Gasteiger partial charge in [-0.3, -0.25) is 9.69 Å². The first kappa shape index (κ1) is 28.9. The van der Waals surface area contributed by atoms with Gasteiger partial charge in [0, 0.05) is 44.8 Å². The first-order valence-corrected chi connectivity index (χ1v) is 14.8. The van der Waals surface area contributed by atoms with Crippen molar-refractivity contribution in [2.45, 2.75) is 38.8 Å². The van der Waals surface area contributed by atoms with E-state index >= 15 is 0 Å². The molecule has 1 atom stereocenters. The average Bonchev–Trinajstić information content (AvgIpc) is 3.55. The Labute approximate surface area is 242 Å². The molecule has 0 bridgehead atoms. The molecule has 1 aromatic heterocycles. The van der Waals surface area contributed by atoms with Crippen LogP contribution in [0.5, 0.6) is 5.75 Å². The Hall–Kier alpha value is -3.60. The molecule has 10 nitrogen and oxygen atoms in total. The maximum Gasteiger partial charge on any atom is 0.239 e. The van der Waals surface area contributed by atoms with Gasteiger partial charge in [0.1, 0.15) is 5.75 Å². The van der Waals surface area contributed by atoms with E-state index in [0.29, 0.717) is 25.5 Å². The molecule has 3 N–H and O–H groups in total. The number of nitrogens with two attached hydrogens (primary N) is 1. The Morgan fingerprint density at radius 3 is 2.51 bits per heavy atom. The van der Waals surface area contributed by atoms with Gasteiger partial charge in [-0.2, -0.15) is 0 Å². The van der Waals surface area contributed by atoms with Gasteiger partial charge in [0.2, 0.25) is 5.91 Å². The fourth-order valence-electron chi connectivity index (χ4n) is 5.83. The Morgan fingerprint density at radius 1 is 1.02 bits per heavy atom. The topological polar surface area (TPSA) is 116 Å². The number of aromatic amines is 1. The highest BCUT2D eigenvalue weighted by molar-refractivity contribution is 5.82. The summed E-state index contributed by atoms with van der Waals surface area (Å²) in [5.74, 6) is 1.83. The Morgan fingerprint density at radius 2 is 1.80 bits per heavy atom. The number of carbonyl (C=O) groups excluding carboxylic acids is 1. The number of rotatable bonds is 11. The van der Waals surface area contributed by atoms with Gasteiger partial charge < -0.3 is 20.3 Å². The molecule has 41 heavy (non-hydrogen) atoms. The first-order valence-electron chi connectivity index (χ1n) is 14.8. The zero-order chi connectivity index (χ0) is 28.4. The Kier molecular flexibility index (Phi) is 10.1. The van der Waals surface area contributed by atoms with Crippen LogP contribution in [0, 0.1) is 5.92 Å². The highest BCUT2D eigenvalue weighted by Gasteiger charge is 2.32. The molecule has 2 aliphatic heterocycles. The molecule has 2 aliphatic rings. The van der Waals surface area contributed by atoms with Crippen molar-refractivity contribution >= 4 is 18.1 Å². The lowest BCUT2D eigenvalue weighted by atomic mass is 9.88. The number of carbonyl (C=O) groups is 1.